The number of carbonyl (C=O) groups is 1. The summed E-state index contributed by atoms with van der Waals surface area (Å²) in [7, 11) is 0. The summed E-state index contributed by atoms with van der Waals surface area (Å²) < 4.78 is 5.26. The van der Waals surface area contributed by atoms with Gasteiger partial charge in [0, 0.05) is 18.4 Å². The number of hydrogen-bond acceptors (Lipinski definition) is 3. The van der Waals surface area contributed by atoms with Crippen molar-refractivity contribution in [3.8, 4) is 0 Å². The van der Waals surface area contributed by atoms with Crippen LogP contribution in [0.15, 0.2) is 22.8 Å². The quantitative estimate of drug-likeness (QED) is 0.744. The lowest BCUT2D eigenvalue weighted by molar-refractivity contribution is -0.125. The summed E-state index contributed by atoms with van der Waals surface area (Å²) in [6.07, 6.45) is 5.17. The number of amides is 1. The highest BCUT2D eigenvalue weighted by molar-refractivity contribution is 5.78. The van der Waals surface area contributed by atoms with Gasteiger partial charge in [-0.1, -0.05) is 6.92 Å². The monoisotopic (exact) mass is 252 g/mol. The van der Waals surface area contributed by atoms with Crippen molar-refractivity contribution in [1.29, 1.82) is 0 Å². The first-order valence-corrected chi connectivity index (χ1v) is 6.66. The molecule has 4 nitrogen and oxygen atoms in total. The van der Waals surface area contributed by atoms with Crippen LogP contribution in [-0.4, -0.2) is 18.5 Å². The minimum Gasteiger partial charge on any atom is -0.469 e. The molecular formula is C14H24N2O2. The first-order chi connectivity index (χ1) is 8.63. The molecule has 4 heteroatoms. The SMILES string of the molecule is CC(CCc1ccco1)NC(=O)C(C)CCCN. The molecule has 1 aromatic heterocycles. The predicted molar refractivity (Wildman–Crippen MR) is 72.1 cm³/mol. The molecule has 1 aromatic rings. The van der Waals surface area contributed by atoms with E-state index in [4.69, 9.17) is 10.2 Å². The first kappa shape index (κ1) is 14.8. The Morgan fingerprint density at radius 1 is 1.44 bits per heavy atom. The molecule has 0 aliphatic heterocycles. The van der Waals surface area contributed by atoms with Crippen LogP contribution in [0.3, 0.4) is 0 Å². The van der Waals surface area contributed by atoms with E-state index in [0.29, 0.717) is 6.54 Å². The van der Waals surface area contributed by atoms with Crippen LogP contribution in [0, 0.1) is 5.92 Å². The molecule has 0 aliphatic rings. The zero-order valence-electron chi connectivity index (χ0n) is 11.3. The van der Waals surface area contributed by atoms with Gasteiger partial charge in [0.05, 0.1) is 6.26 Å². The summed E-state index contributed by atoms with van der Waals surface area (Å²) in [5.74, 6) is 1.13. The second-order valence-corrected chi connectivity index (χ2v) is 4.86. The molecule has 0 aromatic carbocycles. The molecule has 102 valence electrons. The van der Waals surface area contributed by atoms with E-state index in [1.54, 1.807) is 6.26 Å². The molecule has 0 aliphatic carbocycles. The number of hydrogen-bond donors (Lipinski definition) is 2. The fourth-order valence-electron chi connectivity index (χ4n) is 1.83. The Balaban J connectivity index is 2.22. The van der Waals surface area contributed by atoms with Crippen molar-refractivity contribution < 1.29 is 9.21 Å². The fourth-order valence-corrected chi connectivity index (χ4v) is 1.83. The van der Waals surface area contributed by atoms with E-state index in [0.717, 1.165) is 31.4 Å². The van der Waals surface area contributed by atoms with E-state index in [-0.39, 0.29) is 17.9 Å². The van der Waals surface area contributed by atoms with Crippen molar-refractivity contribution in [3.05, 3.63) is 24.2 Å². The number of carbonyl (C=O) groups excluding carboxylic acids is 1. The Morgan fingerprint density at radius 2 is 2.22 bits per heavy atom. The maximum Gasteiger partial charge on any atom is 0.223 e. The summed E-state index contributed by atoms with van der Waals surface area (Å²) in [5.41, 5.74) is 5.44. The Bertz CT molecular complexity index is 336. The Morgan fingerprint density at radius 3 is 2.83 bits per heavy atom. The Hall–Kier alpha value is -1.29. The third kappa shape index (κ3) is 5.36. The van der Waals surface area contributed by atoms with Gasteiger partial charge in [0.1, 0.15) is 5.76 Å². The molecule has 0 saturated heterocycles. The molecule has 18 heavy (non-hydrogen) atoms. The lowest BCUT2D eigenvalue weighted by Crippen LogP contribution is -2.36. The standard InChI is InChI=1S/C14H24N2O2/c1-11(5-3-9-15)14(17)16-12(2)7-8-13-6-4-10-18-13/h4,6,10-12H,3,5,7-9,15H2,1-2H3,(H,16,17). The lowest BCUT2D eigenvalue weighted by atomic mass is 10.0. The largest absolute Gasteiger partial charge is 0.469 e. The molecule has 0 bridgehead atoms. The van der Waals surface area contributed by atoms with Crippen molar-refractivity contribution in [1.82, 2.24) is 5.32 Å². The molecule has 2 atom stereocenters. The van der Waals surface area contributed by atoms with Crippen molar-refractivity contribution in [2.24, 2.45) is 11.7 Å². The molecular weight excluding hydrogens is 228 g/mol. The summed E-state index contributed by atoms with van der Waals surface area (Å²) in [4.78, 5) is 11.8. The maximum atomic E-state index is 11.8. The molecule has 1 rings (SSSR count). The highest BCUT2D eigenvalue weighted by Crippen LogP contribution is 2.08. The highest BCUT2D eigenvalue weighted by atomic mass is 16.3. The van der Waals surface area contributed by atoms with Gasteiger partial charge in [-0.05, 0) is 44.9 Å². The van der Waals surface area contributed by atoms with Gasteiger partial charge in [0.15, 0.2) is 0 Å². The number of furan rings is 1. The molecule has 0 spiro atoms. The van der Waals surface area contributed by atoms with Gasteiger partial charge in [-0.3, -0.25) is 4.79 Å². The highest BCUT2D eigenvalue weighted by Gasteiger charge is 2.14. The average Bonchev–Trinajstić information content (AvgIpc) is 2.86. The van der Waals surface area contributed by atoms with E-state index < -0.39 is 0 Å². The van der Waals surface area contributed by atoms with Crippen molar-refractivity contribution in [3.63, 3.8) is 0 Å². The van der Waals surface area contributed by atoms with Crippen molar-refractivity contribution in [2.45, 2.75) is 45.6 Å². The first-order valence-electron chi connectivity index (χ1n) is 6.66. The Kier molecular flexibility index (Phi) is 6.50. The minimum atomic E-state index is 0.0413. The Labute approximate surface area is 109 Å². The van der Waals surface area contributed by atoms with Crippen LogP contribution in [0.1, 0.15) is 38.9 Å². The van der Waals surface area contributed by atoms with Crippen LogP contribution in [0.25, 0.3) is 0 Å². The summed E-state index contributed by atoms with van der Waals surface area (Å²) in [6.45, 7) is 4.62. The number of aryl methyl sites for hydroxylation is 1. The molecule has 1 heterocycles. The average molecular weight is 252 g/mol. The van der Waals surface area contributed by atoms with Gasteiger partial charge in [0.25, 0.3) is 0 Å². The molecule has 0 fully saturated rings. The predicted octanol–water partition coefficient (Wildman–Crippen LogP) is 2.09. The topological polar surface area (TPSA) is 68.3 Å². The van der Waals surface area contributed by atoms with Gasteiger partial charge >= 0.3 is 0 Å². The number of nitrogens with one attached hydrogen (secondary N) is 1. The second kappa shape index (κ2) is 7.93. The second-order valence-electron chi connectivity index (χ2n) is 4.86. The van der Waals surface area contributed by atoms with Crippen LogP contribution in [0.2, 0.25) is 0 Å². The van der Waals surface area contributed by atoms with Gasteiger partial charge in [-0.15, -0.1) is 0 Å². The summed E-state index contributed by atoms with van der Waals surface area (Å²) in [6, 6.07) is 4.01. The van der Waals surface area contributed by atoms with Crippen LogP contribution in [0.5, 0.6) is 0 Å². The van der Waals surface area contributed by atoms with Crippen molar-refractivity contribution >= 4 is 5.91 Å². The minimum absolute atomic E-state index is 0.0413. The molecule has 3 N–H and O–H groups in total. The molecule has 0 saturated carbocycles. The summed E-state index contributed by atoms with van der Waals surface area (Å²) in [5, 5.41) is 3.03. The third-order valence-electron chi connectivity index (χ3n) is 3.08. The molecule has 0 radical (unpaired) electrons. The van der Waals surface area contributed by atoms with E-state index >= 15 is 0 Å². The smallest absolute Gasteiger partial charge is 0.223 e. The zero-order valence-corrected chi connectivity index (χ0v) is 11.3. The normalized spacial score (nSPS) is 14.2. The van der Waals surface area contributed by atoms with Crippen LogP contribution in [0.4, 0.5) is 0 Å². The van der Waals surface area contributed by atoms with Gasteiger partial charge in [0.2, 0.25) is 5.91 Å². The lowest BCUT2D eigenvalue weighted by Gasteiger charge is -2.17. The van der Waals surface area contributed by atoms with Crippen molar-refractivity contribution in [2.75, 3.05) is 6.54 Å². The summed E-state index contributed by atoms with van der Waals surface area (Å²) >= 11 is 0. The van der Waals surface area contributed by atoms with E-state index in [1.807, 2.05) is 26.0 Å². The van der Waals surface area contributed by atoms with Crippen LogP contribution in [-0.2, 0) is 11.2 Å². The van der Waals surface area contributed by atoms with Crippen LogP contribution < -0.4 is 11.1 Å². The molecule has 2 unspecified atom stereocenters. The maximum absolute atomic E-state index is 11.8. The van der Waals surface area contributed by atoms with Gasteiger partial charge < -0.3 is 15.5 Å². The van der Waals surface area contributed by atoms with Gasteiger partial charge in [-0.2, -0.15) is 0 Å². The number of rotatable bonds is 8. The van der Waals surface area contributed by atoms with Gasteiger partial charge in [-0.25, -0.2) is 0 Å². The zero-order chi connectivity index (χ0) is 13.4. The van der Waals surface area contributed by atoms with E-state index in [2.05, 4.69) is 5.32 Å². The number of nitrogens with two attached hydrogens (primary N) is 1. The van der Waals surface area contributed by atoms with E-state index in [9.17, 15) is 4.79 Å². The van der Waals surface area contributed by atoms with Crippen LogP contribution >= 0.6 is 0 Å². The molecule has 1 amide bonds. The third-order valence-corrected chi connectivity index (χ3v) is 3.08. The van der Waals surface area contributed by atoms with E-state index in [1.165, 1.54) is 0 Å². The fraction of sp³-hybridized carbons (Fsp3) is 0.643.